The maximum absolute atomic E-state index is 12.4. The fourth-order valence-corrected chi connectivity index (χ4v) is 3.57. The number of carbonyl (C=O) groups is 1. The smallest absolute Gasteiger partial charge is 0.269 e. The van der Waals surface area contributed by atoms with Gasteiger partial charge in [-0.1, -0.05) is 39.7 Å². The number of amides is 1. The summed E-state index contributed by atoms with van der Waals surface area (Å²) in [6.45, 7) is 0.303. The van der Waals surface area contributed by atoms with Crippen LogP contribution in [0.4, 0.5) is 0 Å². The molecule has 0 bridgehead atoms. The highest BCUT2D eigenvalue weighted by molar-refractivity contribution is 9.10. The topological polar surface area (TPSA) is 80.2 Å². The number of hydrogen-bond acceptors (Lipinski definition) is 5. The van der Waals surface area contributed by atoms with E-state index in [0.717, 1.165) is 5.56 Å². The van der Waals surface area contributed by atoms with Crippen LogP contribution in [-0.4, -0.2) is 61.1 Å². The van der Waals surface area contributed by atoms with Gasteiger partial charge in [-0.15, -0.1) is 0 Å². The molecule has 1 amide bonds. The Kier molecular flexibility index (Phi) is 8.26. The van der Waals surface area contributed by atoms with Gasteiger partial charge in [0.25, 0.3) is 5.91 Å². The molecule has 0 aliphatic rings. The van der Waals surface area contributed by atoms with Crippen LogP contribution >= 0.6 is 15.9 Å². The van der Waals surface area contributed by atoms with Crippen molar-refractivity contribution in [1.82, 2.24) is 5.32 Å². The van der Waals surface area contributed by atoms with Crippen LogP contribution in [0.2, 0.25) is 0 Å². The van der Waals surface area contributed by atoms with E-state index >= 15 is 0 Å². The molecule has 0 spiro atoms. The van der Waals surface area contributed by atoms with Gasteiger partial charge in [-0.3, -0.25) is 4.79 Å². The van der Waals surface area contributed by atoms with E-state index in [0.29, 0.717) is 50.9 Å². The zero-order chi connectivity index (χ0) is 21.6. The number of carbonyl (C=O) groups excluding carboxylic acids is 1. The van der Waals surface area contributed by atoms with E-state index in [4.69, 9.17) is 33.0 Å². The van der Waals surface area contributed by atoms with Crippen molar-refractivity contribution in [2.45, 2.75) is 12.8 Å². The molecule has 0 saturated heterocycles. The van der Waals surface area contributed by atoms with Gasteiger partial charge < -0.3 is 20.0 Å². The largest absolute Gasteiger partial charge is 0.498 e. The molecule has 6 nitrogen and oxygen atoms in total. The van der Waals surface area contributed by atoms with Crippen molar-refractivity contribution >= 4 is 67.5 Å². The predicted molar refractivity (Wildman–Crippen MR) is 119 cm³/mol. The first kappa shape index (κ1) is 22.9. The molecule has 0 heterocycles. The number of ether oxygens (including phenoxy) is 2. The number of rotatable bonds is 8. The van der Waals surface area contributed by atoms with Gasteiger partial charge in [0, 0.05) is 13.0 Å². The second kappa shape index (κ2) is 10.4. The number of nitrogens with zero attached hydrogens (tertiary/aromatic N) is 1. The van der Waals surface area contributed by atoms with E-state index in [2.05, 4.69) is 26.4 Å². The maximum Gasteiger partial charge on any atom is 0.269 e. The van der Waals surface area contributed by atoms with Crippen molar-refractivity contribution in [1.29, 1.82) is 0 Å². The van der Waals surface area contributed by atoms with Crippen molar-refractivity contribution in [3.8, 4) is 11.5 Å². The van der Waals surface area contributed by atoms with Gasteiger partial charge >= 0.3 is 0 Å². The molecule has 0 atom stereocenters. The molecule has 2 N–H and O–H groups in total. The third-order valence-electron chi connectivity index (χ3n) is 4.20. The molecular formula is C19H18B3BrN2O4. The van der Waals surface area contributed by atoms with Crippen LogP contribution < -0.4 is 31.2 Å². The Bertz CT molecular complexity index is 892. The molecule has 2 aromatic rings. The van der Waals surface area contributed by atoms with Crippen molar-refractivity contribution < 1.29 is 19.5 Å². The number of methoxy groups -OCH3 is 2. The van der Waals surface area contributed by atoms with E-state index < -0.39 is 5.91 Å². The Labute approximate surface area is 182 Å². The van der Waals surface area contributed by atoms with Gasteiger partial charge in [0.2, 0.25) is 0 Å². The van der Waals surface area contributed by atoms with Crippen molar-refractivity contribution in [2.75, 3.05) is 20.8 Å². The fourth-order valence-electron chi connectivity index (χ4n) is 2.89. The average Bonchev–Trinajstić information content (AvgIpc) is 2.65. The van der Waals surface area contributed by atoms with Crippen molar-refractivity contribution in [3.63, 3.8) is 0 Å². The minimum absolute atomic E-state index is 0.0461. The average molecular weight is 451 g/mol. The zero-order valence-electron chi connectivity index (χ0n) is 16.2. The third kappa shape index (κ3) is 5.82. The van der Waals surface area contributed by atoms with Gasteiger partial charge in [0.1, 0.15) is 40.7 Å². The van der Waals surface area contributed by atoms with Gasteiger partial charge in [0.05, 0.1) is 18.7 Å². The molecule has 0 saturated carbocycles. The van der Waals surface area contributed by atoms with Crippen LogP contribution in [0.1, 0.15) is 11.1 Å². The van der Waals surface area contributed by atoms with Gasteiger partial charge in [-0.05, 0) is 39.5 Å². The Balaban J connectivity index is 1.99. The van der Waals surface area contributed by atoms with Crippen molar-refractivity contribution in [2.24, 2.45) is 5.16 Å². The standard InChI is InChI=1S/C19H18B3BrN2O4/c1-28-17-12(20)5-10(6-13(17)21)3-4-24-19(26)16(25-27)9-11-7-14(22)18(29-2)15(23)8-11/h5-8,27H,3-4,9H2,1-2H3,(H,24,26)/b25-16-. The molecule has 0 aromatic heterocycles. The normalized spacial score (nSPS) is 11.2. The van der Waals surface area contributed by atoms with E-state index in [9.17, 15) is 10.0 Å². The first-order valence-corrected chi connectivity index (χ1v) is 9.42. The van der Waals surface area contributed by atoms with Crippen LogP contribution in [0.5, 0.6) is 11.5 Å². The lowest BCUT2D eigenvalue weighted by molar-refractivity contribution is -0.115. The summed E-state index contributed by atoms with van der Waals surface area (Å²) in [6.07, 6.45) is 0.585. The molecular weight excluding hydrogens is 433 g/mol. The molecule has 10 heteroatoms. The molecule has 29 heavy (non-hydrogen) atoms. The third-order valence-corrected chi connectivity index (χ3v) is 4.79. The molecule has 0 fully saturated rings. The van der Waals surface area contributed by atoms with E-state index in [1.807, 2.05) is 0 Å². The molecule has 0 unspecified atom stereocenters. The predicted octanol–water partition coefficient (Wildman–Crippen LogP) is -0.421. The Hall–Kier alpha value is -2.35. The summed E-state index contributed by atoms with van der Waals surface area (Å²) in [5.41, 5.74) is 2.74. The molecule has 144 valence electrons. The minimum Gasteiger partial charge on any atom is -0.498 e. The second-order valence-corrected chi connectivity index (χ2v) is 7.09. The zero-order valence-corrected chi connectivity index (χ0v) is 17.7. The highest BCUT2D eigenvalue weighted by atomic mass is 79.9. The highest BCUT2D eigenvalue weighted by Gasteiger charge is 2.15. The number of oxime groups is 1. The van der Waals surface area contributed by atoms with Crippen LogP contribution in [0, 0.1) is 0 Å². The van der Waals surface area contributed by atoms with E-state index in [-0.39, 0.29) is 12.1 Å². The first-order chi connectivity index (χ1) is 13.8. The highest BCUT2D eigenvalue weighted by Crippen LogP contribution is 2.23. The number of benzene rings is 2. The summed E-state index contributed by atoms with van der Waals surface area (Å²) in [5, 5.41) is 15.1. The van der Waals surface area contributed by atoms with Crippen LogP contribution in [-0.2, 0) is 17.6 Å². The molecule has 0 aliphatic heterocycles. The van der Waals surface area contributed by atoms with Gasteiger partial charge in [0.15, 0.2) is 0 Å². The summed E-state index contributed by atoms with van der Waals surface area (Å²) >= 11 is 3.36. The summed E-state index contributed by atoms with van der Waals surface area (Å²) in [6, 6.07) is 6.88. The van der Waals surface area contributed by atoms with E-state index in [1.165, 1.54) is 14.2 Å². The van der Waals surface area contributed by atoms with Crippen LogP contribution in [0.15, 0.2) is 33.9 Å². The number of nitrogens with one attached hydrogen (secondary N) is 1. The fraction of sp³-hybridized carbons (Fsp3) is 0.263. The van der Waals surface area contributed by atoms with Crippen molar-refractivity contribution in [3.05, 3.63) is 39.9 Å². The van der Waals surface area contributed by atoms with Crippen LogP contribution in [0.3, 0.4) is 0 Å². The second-order valence-electron chi connectivity index (χ2n) is 6.24. The lowest BCUT2D eigenvalue weighted by atomic mass is 9.83. The summed E-state index contributed by atoms with van der Waals surface area (Å²) in [7, 11) is 20.7. The lowest BCUT2D eigenvalue weighted by Crippen LogP contribution is -2.34. The van der Waals surface area contributed by atoms with Gasteiger partial charge in [-0.25, -0.2) is 0 Å². The van der Waals surface area contributed by atoms with E-state index in [1.54, 1.807) is 24.3 Å². The first-order valence-electron chi connectivity index (χ1n) is 8.63. The SMILES string of the molecule is [B]c1cc(CCNC(=O)/C(Cc2cc([B])c(OC)c(Br)c2)=N\O)cc([B])c1OC. The number of hydrogen-bond donors (Lipinski definition) is 2. The summed E-state index contributed by atoms with van der Waals surface area (Å²) in [5.74, 6) is 0.434. The van der Waals surface area contributed by atoms with Crippen LogP contribution in [0.25, 0.3) is 0 Å². The Morgan fingerprint density at radius 1 is 1.03 bits per heavy atom. The maximum atomic E-state index is 12.4. The minimum atomic E-state index is -0.493. The molecule has 0 aliphatic carbocycles. The molecule has 2 aromatic carbocycles. The molecule has 6 radical (unpaired) electrons. The Morgan fingerprint density at radius 2 is 1.59 bits per heavy atom. The summed E-state index contributed by atoms with van der Waals surface area (Å²) < 4.78 is 10.9. The lowest BCUT2D eigenvalue weighted by Gasteiger charge is -2.13. The number of halogens is 1. The quantitative estimate of drug-likeness (QED) is 0.248. The van der Waals surface area contributed by atoms with Gasteiger partial charge in [-0.2, -0.15) is 0 Å². The monoisotopic (exact) mass is 450 g/mol. The Morgan fingerprint density at radius 3 is 2.10 bits per heavy atom. The summed E-state index contributed by atoms with van der Waals surface area (Å²) in [4.78, 5) is 12.4. The molecule has 2 rings (SSSR count).